The van der Waals surface area contributed by atoms with Gasteiger partial charge in [0.1, 0.15) is 5.69 Å². The number of carbonyl (C=O) groups is 1. The van der Waals surface area contributed by atoms with Crippen molar-refractivity contribution >= 4 is 23.0 Å². The summed E-state index contributed by atoms with van der Waals surface area (Å²) in [5, 5.41) is 16.3. The van der Waals surface area contributed by atoms with Gasteiger partial charge in [0.15, 0.2) is 0 Å². The van der Waals surface area contributed by atoms with Crippen LogP contribution in [0.4, 0.5) is 11.4 Å². The molecule has 1 aliphatic heterocycles. The van der Waals surface area contributed by atoms with Crippen LogP contribution in [0.1, 0.15) is 30.0 Å². The number of hydrazone groups is 1. The fourth-order valence-electron chi connectivity index (χ4n) is 4.23. The van der Waals surface area contributed by atoms with E-state index in [1.54, 1.807) is 19.2 Å². The topological polar surface area (TPSA) is 91.1 Å². The Balaban J connectivity index is 1.73. The number of carbonyl (C=O) groups excluding carboxylic acids is 1. The van der Waals surface area contributed by atoms with Crippen molar-refractivity contribution in [1.29, 1.82) is 0 Å². The molecule has 8 heteroatoms. The van der Waals surface area contributed by atoms with Gasteiger partial charge < -0.3 is 15.2 Å². The number of hydrogen-bond acceptors (Lipinski definition) is 6. The Kier molecular flexibility index (Phi) is 8.40. The number of benzene rings is 2. The standard InChI is InChI=1S/C26H33N5O3/c1-5-6-20(3)26(28-27-4)22-11-12-23(24(18-22)31(33)34)29-13-15-30(16-14-29)25(32)17-21-9-7-19(2)8-10-21/h5,7-12,18,20,27H,1,6,13-17H2,2-4H3/b28-26+. The number of nitrogens with zero attached hydrogens (tertiary/aromatic N) is 4. The molecule has 1 aliphatic rings. The van der Waals surface area contributed by atoms with E-state index in [1.165, 1.54) is 0 Å². The molecule has 0 radical (unpaired) electrons. The summed E-state index contributed by atoms with van der Waals surface area (Å²) in [4.78, 5) is 28.2. The molecule has 0 aliphatic carbocycles. The molecule has 1 fully saturated rings. The average Bonchev–Trinajstić information content (AvgIpc) is 2.83. The Morgan fingerprint density at radius 3 is 2.47 bits per heavy atom. The molecule has 3 rings (SSSR count). The van der Waals surface area contributed by atoms with Gasteiger partial charge in [-0.3, -0.25) is 14.9 Å². The van der Waals surface area contributed by atoms with Gasteiger partial charge in [-0.05, 0) is 25.0 Å². The summed E-state index contributed by atoms with van der Waals surface area (Å²) < 4.78 is 0. The lowest BCUT2D eigenvalue weighted by molar-refractivity contribution is -0.384. The van der Waals surface area contributed by atoms with Crippen molar-refractivity contribution in [3.8, 4) is 0 Å². The minimum atomic E-state index is -0.344. The summed E-state index contributed by atoms with van der Waals surface area (Å²) in [5.74, 6) is 0.149. The molecule has 1 saturated heterocycles. The van der Waals surface area contributed by atoms with Crippen LogP contribution < -0.4 is 10.3 Å². The van der Waals surface area contributed by atoms with Gasteiger partial charge in [0.25, 0.3) is 5.69 Å². The van der Waals surface area contributed by atoms with E-state index < -0.39 is 0 Å². The number of nitrogens with one attached hydrogen (secondary N) is 1. The maximum Gasteiger partial charge on any atom is 0.293 e. The zero-order valence-corrected chi connectivity index (χ0v) is 20.2. The van der Waals surface area contributed by atoms with Gasteiger partial charge >= 0.3 is 0 Å². The Morgan fingerprint density at radius 2 is 1.88 bits per heavy atom. The van der Waals surface area contributed by atoms with E-state index in [-0.39, 0.29) is 22.4 Å². The van der Waals surface area contributed by atoms with Crippen molar-refractivity contribution in [2.45, 2.75) is 26.7 Å². The molecular formula is C26H33N5O3. The number of nitro groups is 1. The SMILES string of the molecule is C=CCC(C)/C(=N\NC)c1ccc(N2CCN(C(=O)Cc3ccc(C)cc3)CC2)c([N+](=O)[O-])c1. The van der Waals surface area contributed by atoms with Crippen molar-refractivity contribution < 1.29 is 9.72 Å². The van der Waals surface area contributed by atoms with Gasteiger partial charge in [-0.25, -0.2) is 0 Å². The monoisotopic (exact) mass is 463 g/mol. The minimum absolute atomic E-state index is 0.0477. The van der Waals surface area contributed by atoms with E-state index in [2.05, 4.69) is 17.1 Å². The quantitative estimate of drug-likeness (QED) is 0.263. The van der Waals surface area contributed by atoms with Crippen LogP contribution in [0.5, 0.6) is 0 Å². The predicted octanol–water partition coefficient (Wildman–Crippen LogP) is 3.93. The molecule has 0 aromatic heterocycles. The molecule has 2 aromatic rings. The number of amides is 1. The molecule has 1 N–H and O–H groups in total. The molecule has 0 spiro atoms. The molecule has 0 saturated carbocycles. The van der Waals surface area contributed by atoms with Crippen LogP contribution in [0.15, 0.2) is 60.2 Å². The number of allylic oxidation sites excluding steroid dienone is 1. The number of rotatable bonds is 9. The van der Waals surface area contributed by atoms with Crippen molar-refractivity contribution in [1.82, 2.24) is 10.3 Å². The number of hydrogen-bond donors (Lipinski definition) is 1. The fraction of sp³-hybridized carbons (Fsp3) is 0.385. The van der Waals surface area contributed by atoms with Crippen LogP contribution in [0.3, 0.4) is 0 Å². The zero-order valence-electron chi connectivity index (χ0n) is 20.2. The molecule has 2 aromatic carbocycles. The average molecular weight is 464 g/mol. The molecule has 0 bridgehead atoms. The van der Waals surface area contributed by atoms with Crippen molar-refractivity contribution in [2.75, 3.05) is 38.1 Å². The summed E-state index contributed by atoms with van der Waals surface area (Å²) in [7, 11) is 1.71. The number of piperazine rings is 1. The van der Waals surface area contributed by atoms with Crippen LogP contribution in [0.2, 0.25) is 0 Å². The maximum atomic E-state index is 12.7. The van der Waals surface area contributed by atoms with Gasteiger partial charge in [0.2, 0.25) is 5.91 Å². The highest BCUT2D eigenvalue weighted by atomic mass is 16.6. The number of anilines is 1. The normalized spacial score (nSPS) is 15.1. The Labute approximate surface area is 201 Å². The molecule has 1 atom stereocenters. The molecule has 180 valence electrons. The fourth-order valence-corrected chi connectivity index (χ4v) is 4.23. The van der Waals surface area contributed by atoms with Gasteiger partial charge in [0, 0.05) is 50.8 Å². The molecule has 8 nitrogen and oxygen atoms in total. The summed E-state index contributed by atoms with van der Waals surface area (Å²) in [5.41, 5.74) is 7.05. The first-order valence-electron chi connectivity index (χ1n) is 11.6. The van der Waals surface area contributed by atoms with Crippen LogP contribution >= 0.6 is 0 Å². The van der Waals surface area contributed by atoms with Crippen LogP contribution in [-0.4, -0.2) is 54.7 Å². The Bertz CT molecular complexity index is 1060. The number of nitro benzene ring substituents is 1. The second-order valence-corrected chi connectivity index (χ2v) is 8.64. The first-order valence-corrected chi connectivity index (χ1v) is 11.6. The van der Waals surface area contributed by atoms with E-state index in [0.717, 1.165) is 16.8 Å². The second-order valence-electron chi connectivity index (χ2n) is 8.64. The van der Waals surface area contributed by atoms with E-state index in [0.29, 0.717) is 50.3 Å². The van der Waals surface area contributed by atoms with Crippen molar-refractivity contribution in [3.63, 3.8) is 0 Å². The van der Waals surface area contributed by atoms with Crippen LogP contribution in [-0.2, 0) is 11.2 Å². The van der Waals surface area contributed by atoms with E-state index in [4.69, 9.17) is 0 Å². The zero-order chi connectivity index (χ0) is 24.7. The third-order valence-corrected chi connectivity index (χ3v) is 6.14. The van der Waals surface area contributed by atoms with Crippen molar-refractivity contribution in [2.24, 2.45) is 11.0 Å². The summed E-state index contributed by atoms with van der Waals surface area (Å²) in [6.07, 6.45) is 2.90. The highest BCUT2D eigenvalue weighted by molar-refractivity contribution is 6.03. The second kappa shape index (κ2) is 11.4. The maximum absolute atomic E-state index is 12.7. The van der Waals surface area contributed by atoms with Crippen LogP contribution in [0, 0.1) is 23.0 Å². The van der Waals surface area contributed by atoms with Crippen molar-refractivity contribution in [3.05, 3.63) is 81.9 Å². The van der Waals surface area contributed by atoms with E-state index >= 15 is 0 Å². The lowest BCUT2D eigenvalue weighted by atomic mass is 9.94. The lowest BCUT2D eigenvalue weighted by Crippen LogP contribution is -2.49. The van der Waals surface area contributed by atoms with E-state index in [1.807, 2.05) is 60.1 Å². The molecular weight excluding hydrogens is 430 g/mol. The predicted molar refractivity (Wildman–Crippen MR) is 136 cm³/mol. The first-order chi connectivity index (χ1) is 16.3. The summed E-state index contributed by atoms with van der Waals surface area (Å²) >= 11 is 0. The Hall–Kier alpha value is -3.68. The first kappa shape index (κ1) is 25.0. The highest BCUT2D eigenvalue weighted by Crippen LogP contribution is 2.31. The third-order valence-electron chi connectivity index (χ3n) is 6.14. The van der Waals surface area contributed by atoms with Gasteiger partial charge in [-0.15, -0.1) is 6.58 Å². The lowest BCUT2D eigenvalue weighted by Gasteiger charge is -2.36. The van der Waals surface area contributed by atoms with Gasteiger partial charge in [-0.1, -0.05) is 48.9 Å². The largest absolute Gasteiger partial charge is 0.362 e. The summed E-state index contributed by atoms with van der Waals surface area (Å²) in [6, 6.07) is 13.3. The van der Waals surface area contributed by atoms with Gasteiger partial charge in [0.05, 0.1) is 17.1 Å². The number of aryl methyl sites for hydroxylation is 1. The molecule has 34 heavy (non-hydrogen) atoms. The molecule has 1 heterocycles. The van der Waals surface area contributed by atoms with E-state index in [9.17, 15) is 14.9 Å². The van der Waals surface area contributed by atoms with Gasteiger partial charge in [-0.2, -0.15) is 5.10 Å². The summed E-state index contributed by atoms with van der Waals surface area (Å²) in [6.45, 7) is 9.98. The van der Waals surface area contributed by atoms with Crippen LogP contribution in [0.25, 0.3) is 0 Å². The smallest absolute Gasteiger partial charge is 0.293 e. The highest BCUT2D eigenvalue weighted by Gasteiger charge is 2.27. The third kappa shape index (κ3) is 6.01. The minimum Gasteiger partial charge on any atom is -0.362 e. The molecule has 1 amide bonds. The molecule has 1 unspecified atom stereocenters. The Morgan fingerprint density at radius 1 is 1.21 bits per heavy atom.